The molecule has 0 aliphatic carbocycles. The number of hydrogen-bond acceptors (Lipinski definition) is 2. The number of nitriles is 1. The van der Waals surface area contributed by atoms with Gasteiger partial charge in [-0.15, -0.1) is 11.7 Å². The maximum absolute atomic E-state index is 12.4. The second-order valence-electron chi connectivity index (χ2n) is 3.64. The van der Waals surface area contributed by atoms with Crippen molar-refractivity contribution >= 4 is 11.4 Å². The van der Waals surface area contributed by atoms with Crippen molar-refractivity contribution in [3.8, 4) is 6.07 Å². The van der Waals surface area contributed by atoms with E-state index in [0.717, 1.165) is 12.1 Å². The zero-order chi connectivity index (χ0) is 16.6. The molecule has 1 aromatic carbocycles. The Morgan fingerprint density at radius 2 is 1.71 bits per heavy atom. The molecule has 0 radical (unpaired) electrons. The fourth-order valence-electron chi connectivity index (χ4n) is 1.33. The normalized spacial score (nSPS) is 11.9. The van der Waals surface area contributed by atoms with Crippen molar-refractivity contribution in [1.82, 2.24) is 4.31 Å². The average Bonchev–Trinajstić information content (AvgIpc) is 2.39. The summed E-state index contributed by atoms with van der Waals surface area (Å²) in [5, 5.41) is 8.35. The fraction of sp³-hybridized carbons (Fsp3) is 0.417. The lowest BCUT2D eigenvalue weighted by Gasteiger charge is -2.23. The van der Waals surface area contributed by atoms with Crippen LogP contribution >= 0.6 is 11.4 Å². The van der Waals surface area contributed by atoms with Gasteiger partial charge in [-0.3, -0.25) is 0 Å². The van der Waals surface area contributed by atoms with Gasteiger partial charge in [0.1, 0.15) is 5.82 Å². The minimum atomic E-state index is -4.93. The quantitative estimate of drug-likeness (QED) is 0.696. The summed E-state index contributed by atoms with van der Waals surface area (Å²) in [4.78, 5) is 0. The molecule has 0 spiro atoms. The van der Waals surface area contributed by atoms with Gasteiger partial charge >= 0.3 is 0 Å². The second kappa shape index (κ2) is 8.79. The lowest BCUT2D eigenvalue weighted by atomic mass is 10.1. The maximum atomic E-state index is 12.4. The Morgan fingerprint density at radius 3 is 2.00 bits per heavy atom. The van der Waals surface area contributed by atoms with Crippen LogP contribution < -0.4 is 0 Å². The maximum Gasteiger partial charge on any atom is 0.278 e. The molecule has 2 nitrogen and oxygen atoms in total. The van der Waals surface area contributed by atoms with Crippen molar-refractivity contribution in [1.29, 1.82) is 5.26 Å². The van der Waals surface area contributed by atoms with E-state index in [-0.39, 0.29) is 18.7 Å². The first-order chi connectivity index (χ1) is 9.67. The van der Waals surface area contributed by atoms with E-state index in [1.807, 2.05) is 0 Å². The molecule has 0 atom stereocenters. The van der Waals surface area contributed by atoms with Gasteiger partial charge in [0.2, 0.25) is 0 Å². The zero-order valence-corrected chi connectivity index (χ0v) is 12.1. The van der Waals surface area contributed by atoms with Gasteiger partial charge in [-0.1, -0.05) is 13.8 Å². The molecule has 0 aromatic heterocycles. The minimum Gasteiger partial charge on any atom is -0.207 e. The van der Waals surface area contributed by atoms with Crippen molar-refractivity contribution in [3.05, 3.63) is 35.1 Å². The Labute approximate surface area is 121 Å². The summed E-state index contributed by atoms with van der Waals surface area (Å²) in [5.74, 6) is -0.760. The predicted octanol–water partition coefficient (Wildman–Crippen LogP) is 5.34. The van der Waals surface area contributed by atoms with Gasteiger partial charge < -0.3 is 0 Å². The summed E-state index contributed by atoms with van der Waals surface area (Å²) in [7, 11) is 0. The molecule has 21 heavy (non-hydrogen) atoms. The molecule has 1 rings (SSSR count). The summed E-state index contributed by atoms with van der Waals surface area (Å²) >= 11 is -4.93. The highest BCUT2D eigenvalue weighted by atomic mass is 32.3. The lowest BCUT2D eigenvalue weighted by molar-refractivity contribution is 0.150. The third-order valence-corrected chi connectivity index (χ3v) is 3.47. The number of benzene rings is 1. The van der Waals surface area contributed by atoms with Gasteiger partial charge in [-0.05, 0) is 18.2 Å². The molecular weight excluding hydrogens is 318 g/mol. The SMILES string of the molecule is CCN(CC)S(F)(F)F.N#Cc1ccc(F)cc1C(F)F. The van der Waals surface area contributed by atoms with E-state index in [1.165, 1.54) is 13.8 Å². The number of hydrogen-bond donors (Lipinski definition) is 0. The van der Waals surface area contributed by atoms with Crippen molar-refractivity contribution < 1.29 is 24.8 Å². The first-order valence-corrected chi connectivity index (χ1v) is 7.11. The minimum absolute atomic E-state index is 0.0648. The van der Waals surface area contributed by atoms with Gasteiger partial charge in [0.05, 0.1) is 11.6 Å². The first kappa shape index (κ1) is 19.6. The average molecular weight is 332 g/mol. The van der Waals surface area contributed by atoms with Crippen LogP contribution in [0.4, 0.5) is 24.8 Å². The zero-order valence-electron chi connectivity index (χ0n) is 11.3. The monoisotopic (exact) mass is 332 g/mol. The summed E-state index contributed by atoms with van der Waals surface area (Å²) < 4.78 is 72.3. The van der Waals surface area contributed by atoms with E-state index < -0.39 is 29.2 Å². The molecule has 0 amide bonds. The Balaban J connectivity index is 0.000000400. The van der Waals surface area contributed by atoms with E-state index in [0.29, 0.717) is 10.4 Å². The van der Waals surface area contributed by atoms with Crippen molar-refractivity contribution in [3.63, 3.8) is 0 Å². The van der Waals surface area contributed by atoms with Crippen LogP contribution in [-0.2, 0) is 0 Å². The highest BCUT2D eigenvalue weighted by Gasteiger charge is 2.27. The number of alkyl halides is 2. The van der Waals surface area contributed by atoms with E-state index in [2.05, 4.69) is 0 Å². The summed E-state index contributed by atoms with van der Waals surface area (Å²) in [6.07, 6.45) is -2.81. The van der Waals surface area contributed by atoms with Crippen molar-refractivity contribution in [2.24, 2.45) is 0 Å². The standard InChI is InChI=1S/C8H4F3N.C4H10F3NS/c9-6-2-1-5(4-12)7(3-6)8(10)11;1-3-8(4-2)9(5,6)7/h1-3,8H;3-4H2,1-2H3. The van der Waals surface area contributed by atoms with Crippen LogP contribution in [0.1, 0.15) is 31.4 Å². The molecule has 0 saturated heterocycles. The molecule has 0 aliphatic heterocycles. The summed E-state index contributed by atoms with van der Waals surface area (Å²) in [6.45, 7) is 3.14. The van der Waals surface area contributed by atoms with Gasteiger partial charge in [0.25, 0.3) is 17.8 Å². The Morgan fingerprint density at radius 1 is 1.19 bits per heavy atom. The fourth-order valence-corrected chi connectivity index (χ4v) is 1.92. The van der Waals surface area contributed by atoms with Crippen LogP contribution in [0.3, 0.4) is 0 Å². The highest BCUT2D eigenvalue weighted by Crippen LogP contribution is 2.55. The predicted molar refractivity (Wildman–Crippen MR) is 69.9 cm³/mol. The van der Waals surface area contributed by atoms with Crippen LogP contribution in [0.2, 0.25) is 0 Å². The van der Waals surface area contributed by atoms with E-state index in [1.54, 1.807) is 6.07 Å². The van der Waals surface area contributed by atoms with Crippen LogP contribution in [-0.4, -0.2) is 17.4 Å². The van der Waals surface area contributed by atoms with Crippen LogP contribution in [0.15, 0.2) is 18.2 Å². The third-order valence-electron chi connectivity index (χ3n) is 2.37. The van der Waals surface area contributed by atoms with Gasteiger partial charge in [-0.25, -0.2) is 13.2 Å². The molecule has 1 aromatic rings. The first-order valence-electron chi connectivity index (χ1n) is 5.82. The molecule has 0 saturated carbocycles. The Bertz CT molecular complexity index is 480. The molecule has 0 heterocycles. The molecule has 0 unspecified atom stereocenters. The molecule has 9 heteroatoms. The summed E-state index contributed by atoms with van der Waals surface area (Å²) in [6, 6.07) is 4.24. The smallest absolute Gasteiger partial charge is 0.207 e. The van der Waals surface area contributed by atoms with Crippen LogP contribution in [0, 0.1) is 17.1 Å². The molecule has 120 valence electrons. The van der Waals surface area contributed by atoms with E-state index in [9.17, 15) is 24.8 Å². The number of rotatable bonds is 4. The van der Waals surface area contributed by atoms with Crippen molar-refractivity contribution in [2.75, 3.05) is 13.1 Å². The molecule has 0 N–H and O–H groups in total. The Hall–Kier alpha value is -1.40. The van der Waals surface area contributed by atoms with Crippen molar-refractivity contribution in [2.45, 2.75) is 20.3 Å². The molecular formula is C12H14F6N2S. The number of nitrogens with zero attached hydrogens (tertiary/aromatic N) is 2. The third kappa shape index (κ3) is 6.73. The van der Waals surface area contributed by atoms with E-state index in [4.69, 9.17) is 5.26 Å². The second-order valence-corrected chi connectivity index (χ2v) is 4.92. The van der Waals surface area contributed by atoms with Gasteiger partial charge in [-0.2, -0.15) is 9.57 Å². The molecule has 0 bridgehead atoms. The molecule has 0 aliphatic rings. The van der Waals surface area contributed by atoms with Crippen LogP contribution in [0.25, 0.3) is 0 Å². The largest absolute Gasteiger partial charge is 0.278 e. The molecule has 0 fully saturated rings. The Kier molecular flexibility index (Phi) is 8.21. The number of halogens is 6. The topological polar surface area (TPSA) is 27.0 Å². The highest BCUT2D eigenvalue weighted by molar-refractivity contribution is 8.18. The van der Waals surface area contributed by atoms with Gasteiger partial charge in [0.15, 0.2) is 0 Å². The van der Waals surface area contributed by atoms with Gasteiger partial charge in [0, 0.05) is 18.7 Å². The van der Waals surface area contributed by atoms with Crippen LogP contribution in [0.5, 0.6) is 0 Å². The summed E-state index contributed by atoms with van der Waals surface area (Å²) in [5.41, 5.74) is -0.746. The lowest BCUT2D eigenvalue weighted by Crippen LogP contribution is -2.19. The van der Waals surface area contributed by atoms with E-state index >= 15 is 0 Å².